The zero-order chi connectivity index (χ0) is 20.9. The number of hydrazone groups is 1. The van der Waals surface area contributed by atoms with Crippen molar-refractivity contribution in [3.05, 3.63) is 60.2 Å². The number of hydrogen-bond donors (Lipinski definition) is 1. The number of hydrogen-bond acceptors (Lipinski definition) is 4. The molecule has 1 N–H and O–H groups in total. The molecular weight excluding hydrogens is 380 g/mol. The Bertz CT molecular complexity index is 970. The number of carbonyl (C=O) groups excluding carboxylic acids is 3. The van der Waals surface area contributed by atoms with Crippen LogP contribution < -0.4 is 10.2 Å². The molecule has 1 saturated heterocycles. The lowest BCUT2D eigenvalue weighted by molar-refractivity contribution is -0.132. The molecule has 0 aliphatic carbocycles. The number of amides is 3. The second-order valence-corrected chi connectivity index (χ2v) is 7.42. The van der Waals surface area contributed by atoms with E-state index < -0.39 is 0 Å². The van der Waals surface area contributed by atoms with Crippen LogP contribution in [0, 0.1) is 0 Å². The summed E-state index contributed by atoms with van der Waals surface area (Å²) in [7, 11) is 0. The van der Waals surface area contributed by atoms with E-state index in [0.717, 1.165) is 29.9 Å². The maximum absolute atomic E-state index is 12.4. The van der Waals surface area contributed by atoms with Gasteiger partial charge in [0.25, 0.3) is 0 Å². The molecule has 7 heteroatoms. The van der Waals surface area contributed by atoms with Crippen molar-refractivity contribution < 1.29 is 14.4 Å². The smallest absolute Gasteiger partial charge is 0.243 e. The van der Waals surface area contributed by atoms with E-state index in [9.17, 15) is 14.4 Å². The van der Waals surface area contributed by atoms with Gasteiger partial charge >= 0.3 is 0 Å². The quantitative estimate of drug-likeness (QED) is 0.803. The third kappa shape index (κ3) is 4.56. The van der Waals surface area contributed by atoms with E-state index in [-0.39, 0.29) is 30.6 Å². The molecule has 3 amide bonds. The maximum Gasteiger partial charge on any atom is 0.243 e. The van der Waals surface area contributed by atoms with Crippen molar-refractivity contribution >= 4 is 34.8 Å². The number of anilines is 2. The Morgan fingerprint density at radius 3 is 2.40 bits per heavy atom. The van der Waals surface area contributed by atoms with E-state index in [4.69, 9.17) is 0 Å². The molecule has 0 radical (unpaired) electrons. The van der Waals surface area contributed by atoms with Crippen LogP contribution in [0.4, 0.5) is 11.4 Å². The molecule has 0 bridgehead atoms. The highest BCUT2D eigenvalue weighted by atomic mass is 16.2. The summed E-state index contributed by atoms with van der Waals surface area (Å²) in [6.07, 6.45) is 2.38. The van der Waals surface area contributed by atoms with Gasteiger partial charge < -0.3 is 10.2 Å². The van der Waals surface area contributed by atoms with Crippen LogP contribution in [0.5, 0.6) is 0 Å². The predicted molar refractivity (Wildman–Crippen MR) is 115 cm³/mol. The molecule has 2 aliphatic heterocycles. The van der Waals surface area contributed by atoms with E-state index in [2.05, 4.69) is 10.4 Å². The molecule has 2 aromatic carbocycles. The molecule has 0 unspecified atom stereocenters. The van der Waals surface area contributed by atoms with E-state index in [1.165, 1.54) is 5.01 Å². The first-order valence-corrected chi connectivity index (χ1v) is 10.2. The monoisotopic (exact) mass is 404 g/mol. The summed E-state index contributed by atoms with van der Waals surface area (Å²) in [5.41, 5.74) is 3.40. The molecule has 30 heavy (non-hydrogen) atoms. The number of nitrogens with one attached hydrogen (secondary N) is 1. The van der Waals surface area contributed by atoms with Gasteiger partial charge in [0, 0.05) is 43.6 Å². The summed E-state index contributed by atoms with van der Waals surface area (Å²) >= 11 is 0. The van der Waals surface area contributed by atoms with Gasteiger partial charge in [-0.3, -0.25) is 14.4 Å². The summed E-state index contributed by atoms with van der Waals surface area (Å²) in [4.78, 5) is 38.2. The van der Waals surface area contributed by atoms with Crippen LogP contribution in [0.1, 0.15) is 37.7 Å². The lowest BCUT2D eigenvalue weighted by Gasteiger charge is -2.16. The summed E-state index contributed by atoms with van der Waals surface area (Å²) in [6.45, 7) is 1.28. The van der Waals surface area contributed by atoms with E-state index >= 15 is 0 Å². The summed E-state index contributed by atoms with van der Waals surface area (Å²) in [5, 5.41) is 8.67. The first-order valence-electron chi connectivity index (χ1n) is 10.2. The molecule has 1 fully saturated rings. The standard InChI is InChI=1S/C23H24N4O3/c28-21(24-18-8-10-19(11-9-18)26-15-4-7-22(26)29)12-13-23(30)27-16-14-20(25-27)17-5-2-1-3-6-17/h1-3,5-6,8-11H,4,7,12-16H2,(H,24,28). The minimum atomic E-state index is -0.222. The molecule has 0 spiro atoms. The van der Waals surface area contributed by atoms with Crippen LogP contribution >= 0.6 is 0 Å². The van der Waals surface area contributed by atoms with Crippen molar-refractivity contribution in [2.45, 2.75) is 32.1 Å². The van der Waals surface area contributed by atoms with Gasteiger partial charge in [0.05, 0.1) is 12.3 Å². The maximum atomic E-state index is 12.4. The second kappa shape index (κ2) is 8.90. The predicted octanol–water partition coefficient (Wildman–Crippen LogP) is 3.17. The highest BCUT2D eigenvalue weighted by Gasteiger charge is 2.23. The Morgan fingerprint density at radius 2 is 1.70 bits per heavy atom. The Morgan fingerprint density at radius 1 is 0.933 bits per heavy atom. The fourth-order valence-electron chi connectivity index (χ4n) is 3.69. The average Bonchev–Trinajstić information content (AvgIpc) is 3.43. The molecule has 7 nitrogen and oxygen atoms in total. The van der Waals surface area contributed by atoms with Gasteiger partial charge in [0.15, 0.2) is 0 Å². The van der Waals surface area contributed by atoms with E-state index in [0.29, 0.717) is 25.1 Å². The van der Waals surface area contributed by atoms with Crippen LogP contribution in [0.3, 0.4) is 0 Å². The van der Waals surface area contributed by atoms with Crippen LogP contribution in [-0.4, -0.2) is 41.5 Å². The Kier molecular flexibility index (Phi) is 5.88. The van der Waals surface area contributed by atoms with Gasteiger partial charge in [-0.1, -0.05) is 30.3 Å². The van der Waals surface area contributed by atoms with Crippen molar-refractivity contribution in [3.8, 4) is 0 Å². The van der Waals surface area contributed by atoms with Crippen molar-refractivity contribution in [1.82, 2.24) is 5.01 Å². The van der Waals surface area contributed by atoms with Crippen molar-refractivity contribution in [3.63, 3.8) is 0 Å². The van der Waals surface area contributed by atoms with Crippen molar-refractivity contribution in [2.75, 3.05) is 23.3 Å². The van der Waals surface area contributed by atoms with Crippen LogP contribution in [-0.2, 0) is 14.4 Å². The third-order valence-electron chi connectivity index (χ3n) is 5.30. The molecule has 0 aromatic heterocycles. The summed E-state index contributed by atoms with van der Waals surface area (Å²) in [5.74, 6) is -0.246. The fraction of sp³-hybridized carbons (Fsp3) is 0.304. The van der Waals surface area contributed by atoms with E-state index in [1.807, 2.05) is 42.5 Å². The zero-order valence-electron chi connectivity index (χ0n) is 16.7. The first-order chi connectivity index (χ1) is 14.6. The fourth-order valence-corrected chi connectivity index (χ4v) is 3.69. The molecular formula is C23H24N4O3. The minimum Gasteiger partial charge on any atom is -0.326 e. The first kappa shape index (κ1) is 19.8. The van der Waals surface area contributed by atoms with Gasteiger partial charge in [0.1, 0.15) is 0 Å². The van der Waals surface area contributed by atoms with Gasteiger partial charge in [-0.15, -0.1) is 0 Å². The zero-order valence-corrected chi connectivity index (χ0v) is 16.7. The molecule has 0 atom stereocenters. The number of rotatable bonds is 6. The highest BCUT2D eigenvalue weighted by Crippen LogP contribution is 2.23. The molecule has 2 heterocycles. The highest BCUT2D eigenvalue weighted by molar-refractivity contribution is 6.03. The van der Waals surface area contributed by atoms with Gasteiger partial charge in [0.2, 0.25) is 17.7 Å². The topological polar surface area (TPSA) is 82.1 Å². The molecule has 4 rings (SSSR count). The van der Waals surface area contributed by atoms with Crippen LogP contribution in [0.2, 0.25) is 0 Å². The number of nitrogens with zero attached hydrogens (tertiary/aromatic N) is 3. The lowest BCUT2D eigenvalue weighted by atomic mass is 10.1. The molecule has 0 saturated carbocycles. The summed E-state index contributed by atoms with van der Waals surface area (Å²) in [6, 6.07) is 17.0. The molecule has 2 aromatic rings. The van der Waals surface area contributed by atoms with Crippen LogP contribution in [0.15, 0.2) is 59.7 Å². The second-order valence-electron chi connectivity index (χ2n) is 7.42. The van der Waals surface area contributed by atoms with Gasteiger partial charge in [-0.25, -0.2) is 5.01 Å². The molecule has 2 aliphatic rings. The average molecular weight is 404 g/mol. The Balaban J connectivity index is 1.26. The Labute approximate surface area is 175 Å². The normalized spacial score (nSPS) is 16.0. The third-order valence-corrected chi connectivity index (χ3v) is 5.30. The lowest BCUT2D eigenvalue weighted by Crippen LogP contribution is -2.25. The van der Waals surface area contributed by atoms with Crippen LogP contribution in [0.25, 0.3) is 0 Å². The van der Waals surface area contributed by atoms with Gasteiger partial charge in [-0.05, 0) is 36.2 Å². The molecule has 154 valence electrons. The summed E-state index contributed by atoms with van der Waals surface area (Å²) < 4.78 is 0. The minimum absolute atomic E-state index is 0.0951. The largest absolute Gasteiger partial charge is 0.326 e. The SMILES string of the molecule is O=C(CCC(=O)N1CCC(c2ccccc2)=N1)Nc1ccc(N2CCCC2=O)cc1. The number of carbonyl (C=O) groups is 3. The Hall–Kier alpha value is -3.48. The van der Waals surface area contributed by atoms with E-state index in [1.54, 1.807) is 17.0 Å². The van der Waals surface area contributed by atoms with Gasteiger partial charge in [-0.2, -0.15) is 5.10 Å². The number of benzene rings is 2. The van der Waals surface area contributed by atoms with Crippen molar-refractivity contribution in [1.29, 1.82) is 0 Å². The van der Waals surface area contributed by atoms with Crippen molar-refractivity contribution in [2.24, 2.45) is 5.10 Å².